The van der Waals surface area contributed by atoms with Crippen LogP contribution >= 0.6 is 51.2 Å². The lowest BCUT2D eigenvalue weighted by molar-refractivity contribution is -0.149. The molecule has 0 bridgehead atoms. The Morgan fingerprint density at radius 1 is 1.48 bits per heavy atom. The highest BCUT2D eigenvalue weighted by Gasteiger charge is 2.27. The van der Waals surface area contributed by atoms with Gasteiger partial charge in [0.05, 0.1) is 22.9 Å². The van der Waals surface area contributed by atoms with Crippen LogP contribution in [0.15, 0.2) is 20.9 Å². The lowest BCUT2D eigenvalue weighted by Crippen LogP contribution is -2.46. The Morgan fingerprint density at radius 2 is 2.17 bits per heavy atom. The molecule has 0 spiro atoms. The molecule has 0 radical (unpaired) electrons. The summed E-state index contributed by atoms with van der Waals surface area (Å²) in [6.45, 7) is 4.73. The number of nitrogens with one attached hydrogen (secondary N) is 1. The van der Waals surface area contributed by atoms with Crippen LogP contribution in [-0.2, 0) is 16.1 Å². The van der Waals surface area contributed by atoms with Crippen LogP contribution in [0, 0.1) is 5.92 Å². The molecule has 1 N–H and O–H groups in total. The monoisotopic (exact) mass is 515 g/mol. The fraction of sp³-hybridized carbons (Fsp3) is 0.600. The summed E-state index contributed by atoms with van der Waals surface area (Å²) >= 11 is 5.19. The van der Waals surface area contributed by atoms with E-state index in [0.717, 1.165) is 42.2 Å². The van der Waals surface area contributed by atoms with Crippen LogP contribution < -0.4 is 5.32 Å². The summed E-state index contributed by atoms with van der Waals surface area (Å²) < 4.78 is 6.24. The Hall–Kier alpha value is -0.350. The van der Waals surface area contributed by atoms with Crippen molar-refractivity contribution in [3.05, 3.63) is 20.8 Å². The summed E-state index contributed by atoms with van der Waals surface area (Å²) in [4.78, 5) is 19.6. The van der Waals surface area contributed by atoms with Gasteiger partial charge in [0.25, 0.3) is 0 Å². The zero-order chi connectivity index (χ0) is 15.9. The van der Waals surface area contributed by atoms with E-state index in [-0.39, 0.29) is 35.9 Å². The van der Waals surface area contributed by atoms with Gasteiger partial charge in [0.1, 0.15) is 0 Å². The second kappa shape index (κ2) is 10.5. The molecule has 8 heteroatoms. The van der Waals surface area contributed by atoms with Gasteiger partial charge in [-0.1, -0.05) is 0 Å². The molecule has 1 saturated heterocycles. The number of hydrogen-bond donors (Lipinski definition) is 1. The largest absolute Gasteiger partial charge is 0.466 e. The average Bonchev–Trinajstić information content (AvgIpc) is 2.94. The minimum atomic E-state index is -0.0615. The van der Waals surface area contributed by atoms with Crippen molar-refractivity contribution in [2.45, 2.75) is 26.3 Å². The maximum Gasteiger partial charge on any atom is 0.309 e. The van der Waals surface area contributed by atoms with E-state index < -0.39 is 0 Å². The van der Waals surface area contributed by atoms with Gasteiger partial charge >= 0.3 is 5.97 Å². The van der Waals surface area contributed by atoms with Crippen molar-refractivity contribution in [1.29, 1.82) is 0 Å². The summed E-state index contributed by atoms with van der Waals surface area (Å²) in [6.07, 6.45) is 1.65. The third-order valence-electron chi connectivity index (χ3n) is 3.68. The van der Waals surface area contributed by atoms with Crippen LogP contribution in [0.5, 0.6) is 0 Å². The van der Waals surface area contributed by atoms with E-state index in [1.54, 1.807) is 18.4 Å². The van der Waals surface area contributed by atoms with Gasteiger partial charge in [-0.3, -0.25) is 9.79 Å². The van der Waals surface area contributed by atoms with Gasteiger partial charge < -0.3 is 15.0 Å². The first-order valence-corrected chi connectivity index (χ1v) is 9.11. The summed E-state index contributed by atoms with van der Waals surface area (Å²) in [5.74, 6) is 0.864. The zero-order valence-corrected chi connectivity index (χ0v) is 18.1. The number of guanidine groups is 1. The maximum absolute atomic E-state index is 11.8. The topological polar surface area (TPSA) is 53.9 Å². The fourth-order valence-electron chi connectivity index (χ4n) is 2.53. The molecule has 2 heterocycles. The molecule has 1 aromatic heterocycles. The summed E-state index contributed by atoms with van der Waals surface area (Å²) in [7, 11) is 1.80. The number of nitrogens with zero attached hydrogens (tertiary/aromatic N) is 2. The Balaban J connectivity index is 0.00000264. The fourth-order valence-corrected chi connectivity index (χ4v) is 3.96. The molecule has 130 valence electrons. The smallest absolute Gasteiger partial charge is 0.309 e. The van der Waals surface area contributed by atoms with Gasteiger partial charge in [-0.05, 0) is 47.8 Å². The number of thiophene rings is 1. The SMILES string of the molecule is CCOC(=O)C1CCN(C(=NC)NCc2ccc(Br)s2)CC1.I. The normalized spacial score (nSPS) is 16.0. The number of aliphatic imine (C=N–C) groups is 1. The van der Waals surface area contributed by atoms with Crippen LogP contribution in [0.3, 0.4) is 0 Å². The summed E-state index contributed by atoms with van der Waals surface area (Å²) in [6, 6.07) is 4.15. The number of carbonyl (C=O) groups is 1. The zero-order valence-electron chi connectivity index (χ0n) is 13.4. The van der Waals surface area contributed by atoms with Gasteiger partial charge in [0.2, 0.25) is 0 Å². The van der Waals surface area contributed by atoms with Gasteiger partial charge in [0, 0.05) is 25.0 Å². The highest BCUT2D eigenvalue weighted by Crippen LogP contribution is 2.22. The van der Waals surface area contributed by atoms with E-state index in [2.05, 4.69) is 43.3 Å². The minimum Gasteiger partial charge on any atom is -0.466 e. The standard InChI is InChI=1S/C15H22BrN3O2S.HI/c1-3-21-14(20)11-6-8-19(9-7-11)15(17-2)18-10-12-4-5-13(16)22-12;/h4-5,11H,3,6-10H2,1-2H3,(H,17,18);1H. The Kier molecular flexibility index (Phi) is 9.45. The minimum absolute atomic E-state index is 0. The third kappa shape index (κ3) is 6.22. The number of halogens is 2. The van der Waals surface area contributed by atoms with E-state index in [1.807, 2.05) is 6.92 Å². The van der Waals surface area contributed by atoms with Crippen molar-refractivity contribution >= 4 is 63.2 Å². The van der Waals surface area contributed by atoms with Gasteiger partial charge in [-0.25, -0.2) is 0 Å². The molecular formula is C15H23BrIN3O2S. The maximum atomic E-state index is 11.8. The van der Waals surface area contributed by atoms with E-state index >= 15 is 0 Å². The molecule has 1 fully saturated rings. The summed E-state index contributed by atoms with van der Waals surface area (Å²) in [5, 5.41) is 3.39. The highest BCUT2D eigenvalue weighted by atomic mass is 127. The predicted octanol–water partition coefficient (Wildman–Crippen LogP) is 3.48. The van der Waals surface area contributed by atoms with Crippen LogP contribution in [-0.4, -0.2) is 43.6 Å². The van der Waals surface area contributed by atoms with Crippen molar-refractivity contribution in [1.82, 2.24) is 10.2 Å². The lowest BCUT2D eigenvalue weighted by atomic mass is 9.97. The molecule has 0 saturated carbocycles. The molecule has 5 nitrogen and oxygen atoms in total. The molecule has 1 aromatic rings. The first kappa shape index (κ1) is 20.7. The quantitative estimate of drug-likeness (QED) is 0.289. The van der Waals surface area contributed by atoms with Gasteiger partial charge in [0.15, 0.2) is 5.96 Å². The second-order valence-corrected chi connectivity index (χ2v) is 7.67. The Morgan fingerprint density at radius 3 is 2.70 bits per heavy atom. The number of hydrogen-bond acceptors (Lipinski definition) is 4. The Labute approximate surface area is 167 Å². The molecule has 0 unspecified atom stereocenters. The van der Waals surface area contributed by atoms with Crippen molar-refractivity contribution in [3.63, 3.8) is 0 Å². The van der Waals surface area contributed by atoms with E-state index in [4.69, 9.17) is 4.74 Å². The number of piperidine rings is 1. The molecule has 2 rings (SSSR count). The first-order valence-electron chi connectivity index (χ1n) is 7.50. The Bertz CT molecular complexity index is 531. The number of carbonyl (C=O) groups excluding carboxylic acids is 1. The van der Waals surface area contributed by atoms with Crippen molar-refractivity contribution in [3.8, 4) is 0 Å². The molecule has 1 aliphatic heterocycles. The molecule has 0 aliphatic carbocycles. The van der Waals surface area contributed by atoms with Gasteiger partial charge in [-0.15, -0.1) is 35.3 Å². The van der Waals surface area contributed by atoms with Crippen molar-refractivity contribution in [2.75, 3.05) is 26.7 Å². The summed E-state index contributed by atoms with van der Waals surface area (Å²) in [5.41, 5.74) is 0. The third-order valence-corrected chi connectivity index (χ3v) is 5.30. The number of likely N-dealkylation sites (tertiary alicyclic amines) is 1. The first-order chi connectivity index (χ1) is 10.6. The lowest BCUT2D eigenvalue weighted by Gasteiger charge is -2.33. The average molecular weight is 516 g/mol. The highest BCUT2D eigenvalue weighted by molar-refractivity contribution is 14.0. The predicted molar refractivity (Wildman–Crippen MR) is 109 cm³/mol. The van der Waals surface area contributed by atoms with E-state index in [0.29, 0.717) is 6.61 Å². The molecule has 0 aromatic carbocycles. The van der Waals surface area contributed by atoms with Crippen LogP contribution in [0.2, 0.25) is 0 Å². The molecule has 1 aliphatic rings. The molecule has 0 atom stereocenters. The number of esters is 1. The van der Waals surface area contributed by atoms with Crippen LogP contribution in [0.4, 0.5) is 0 Å². The van der Waals surface area contributed by atoms with Crippen LogP contribution in [0.1, 0.15) is 24.6 Å². The molecule has 0 amide bonds. The van der Waals surface area contributed by atoms with Crippen LogP contribution in [0.25, 0.3) is 0 Å². The molecule has 23 heavy (non-hydrogen) atoms. The second-order valence-electron chi connectivity index (χ2n) is 5.12. The van der Waals surface area contributed by atoms with Crippen molar-refractivity contribution < 1.29 is 9.53 Å². The molecular weight excluding hydrogens is 493 g/mol. The van der Waals surface area contributed by atoms with E-state index in [9.17, 15) is 4.79 Å². The number of ether oxygens (including phenoxy) is 1. The van der Waals surface area contributed by atoms with Gasteiger partial charge in [-0.2, -0.15) is 0 Å². The number of rotatable bonds is 4. The van der Waals surface area contributed by atoms with Crippen molar-refractivity contribution in [2.24, 2.45) is 10.9 Å². The van der Waals surface area contributed by atoms with E-state index in [1.165, 1.54) is 4.88 Å².